The lowest BCUT2D eigenvalue weighted by Gasteiger charge is -2.11. The molecule has 0 amide bonds. The maximum absolute atomic E-state index is 5.93. The van der Waals surface area contributed by atoms with Gasteiger partial charge in [-0.05, 0) is 26.0 Å². The Kier molecular flexibility index (Phi) is 3.44. The molecule has 2 aromatic rings. The third-order valence-corrected chi connectivity index (χ3v) is 2.64. The molecular formula is C13H17N3O3. The van der Waals surface area contributed by atoms with Crippen LogP contribution < -0.4 is 15.2 Å². The lowest BCUT2D eigenvalue weighted by Crippen LogP contribution is -2.30. The van der Waals surface area contributed by atoms with E-state index in [1.807, 2.05) is 13.8 Å². The lowest BCUT2D eigenvalue weighted by atomic mass is 10.1. The van der Waals surface area contributed by atoms with Crippen LogP contribution in [0.3, 0.4) is 0 Å². The Labute approximate surface area is 111 Å². The predicted molar refractivity (Wildman–Crippen MR) is 70.1 cm³/mol. The van der Waals surface area contributed by atoms with E-state index < -0.39 is 5.54 Å². The molecule has 2 rings (SSSR count). The Morgan fingerprint density at radius 3 is 2.47 bits per heavy atom. The SMILES string of the molecule is COc1ccc(-c2nc(C(C)(C)N)no2)c(OC)c1. The minimum absolute atomic E-state index is 0.369. The average molecular weight is 263 g/mol. The number of benzene rings is 1. The van der Waals surface area contributed by atoms with Gasteiger partial charge < -0.3 is 19.7 Å². The van der Waals surface area contributed by atoms with Crippen molar-refractivity contribution < 1.29 is 14.0 Å². The van der Waals surface area contributed by atoms with Gasteiger partial charge in [-0.2, -0.15) is 4.98 Å². The van der Waals surface area contributed by atoms with Gasteiger partial charge in [0.15, 0.2) is 5.82 Å². The molecule has 1 aromatic heterocycles. The minimum atomic E-state index is -0.651. The topological polar surface area (TPSA) is 83.4 Å². The fourth-order valence-corrected chi connectivity index (χ4v) is 1.57. The van der Waals surface area contributed by atoms with Crippen LogP contribution in [0.2, 0.25) is 0 Å². The van der Waals surface area contributed by atoms with Crippen molar-refractivity contribution in [3.05, 3.63) is 24.0 Å². The van der Waals surface area contributed by atoms with E-state index in [4.69, 9.17) is 19.7 Å². The Balaban J connectivity index is 2.44. The zero-order valence-corrected chi connectivity index (χ0v) is 11.4. The Bertz CT molecular complexity index is 573. The Hall–Kier alpha value is -2.08. The molecule has 6 nitrogen and oxygen atoms in total. The molecule has 19 heavy (non-hydrogen) atoms. The van der Waals surface area contributed by atoms with Crippen molar-refractivity contribution in [1.29, 1.82) is 0 Å². The molecule has 0 atom stereocenters. The highest BCUT2D eigenvalue weighted by Gasteiger charge is 2.23. The van der Waals surface area contributed by atoms with Gasteiger partial charge in [-0.3, -0.25) is 0 Å². The first-order valence-corrected chi connectivity index (χ1v) is 5.81. The second-order valence-electron chi connectivity index (χ2n) is 4.71. The average Bonchev–Trinajstić information content (AvgIpc) is 2.87. The molecule has 0 saturated heterocycles. The quantitative estimate of drug-likeness (QED) is 0.907. The minimum Gasteiger partial charge on any atom is -0.497 e. The van der Waals surface area contributed by atoms with Gasteiger partial charge in [-0.25, -0.2) is 0 Å². The van der Waals surface area contributed by atoms with Crippen LogP contribution in [0, 0.1) is 0 Å². The van der Waals surface area contributed by atoms with Crippen LogP contribution in [0.25, 0.3) is 11.5 Å². The van der Waals surface area contributed by atoms with Crippen LogP contribution in [0.4, 0.5) is 0 Å². The first kappa shape index (κ1) is 13.4. The zero-order chi connectivity index (χ0) is 14.0. The van der Waals surface area contributed by atoms with E-state index in [0.717, 1.165) is 0 Å². The van der Waals surface area contributed by atoms with Crippen LogP contribution in [0.5, 0.6) is 11.5 Å². The van der Waals surface area contributed by atoms with E-state index in [1.165, 1.54) is 0 Å². The number of ether oxygens (including phenoxy) is 2. The van der Waals surface area contributed by atoms with E-state index in [-0.39, 0.29) is 0 Å². The number of rotatable bonds is 4. The standard InChI is InChI=1S/C13H17N3O3/c1-13(2,14)12-15-11(19-16-12)9-6-5-8(17-3)7-10(9)18-4/h5-7H,14H2,1-4H3. The number of nitrogens with zero attached hydrogens (tertiary/aromatic N) is 2. The van der Waals surface area contributed by atoms with Gasteiger partial charge in [0.25, 0.3) is 5.89 Å². The summed E-state index contributed by atoms with van der Waals surface area (Å²) in [6, 6.07) is 5.36. The lowest BCUT2D eigenvalue weighted by molar-refractivity contribution is 0.385. The summed E-state index contributed by atoms with van der Waals surface area (Å²) in [6.07, 6.45) is 0. The fourth-order valence-electron chi connectivity index (χ4n) is 1.57. The first-order chi connectivity index (χ1) is 8.95. The molecular weight excluding hydrogens is 246 g/mol. The van der Waals surface area contributed by atoms with E-state index in [9.17, 15) is 0 Å². The number of hydrogen-bond acceptors (Lipinski definition) is 6. The Morgan fingerprint density at radius 2 is 1.95 bits per heavy atom. The second-order valence-corrected chi connectivity index (χ2v) is 4.71. The van der Waals surface area contributed by atoms with Gasteiger partial charge >= 0.3 is 0 Å². The molecule has 0 fully saturated rings. The maximum atomic E-state index is 5.93. The van der Waals surface area contributed by atoms with E-state index in [1.54, 1.807) is 32.4 Å². The Morgan fingerprint density at radius 1 is 1.21 bits per heavy atom. The predicted octanol–water partition coefficient (Wildman–Crippen LogP) is 1.95. The van der Waals surface area contributed by atoms with E-state index in [0.29, 0.717) is 28.8 Å². The molecule has 0 unspecified atom stereocenters. The van der Waals surface area contributed by atoms with Crippen LogP contribution in [0.1, 0.15) is 19.7 Å². The van der Waals surface area contributed by atoms with Crippen LogP contribution >= 0.6 is 0 Å². The van der Waals surface area contributed by atoms with Gasteiger partial charge in [-0.1, -0.05) is 5.16 Å². The molecule has 0 aliphatic carbocycles. The molecule has 1 heterocycles. The van der Waals surface area contributed by atoms with E-state index >= 15 is 0 Å². The van der Waals surface area contributed by atoms with Crippen LogP contribution in [-0.2, 0) is 5.54 Å². The monoisotopic (exact) mass is 263 g/mol. The highest BCUT2D eigenvalue weighted by molar-refractivity contribution is 5.64. The van der Waals surface area contributed by atoms with Crippen molar-refractivity contribution in [2.24, 2.45) is 5.73 Å². The molecule has 6 heteroatoms. The van der Waals surface area contributed by atoms with Gasteiger partial charge in [-0.15, -0.1) is 0 Å². The number of aromatic nitrogens is 2. The molecule has 0 radical (unpaired) electrons. The first-order valence-electron chi connectivity index (χ1n) is 5.81. The summed E-state index contributed by atoms with van der Waals surface area (Å²) in [6.45, 7) is 3.62. The fraction of sp³-hybridized carbons (Fsp3) is 0.385. The van der Waals surface area contributed by atoms with E-state index in [2.05, 4.69) is 10.1 Å². The smallest absolute Gasteiger partial charge is 0.261 e. The van der Waals surface area contributed by atoms with Gasteiger partial charge in [0.2, 0.25) is 0 Å². The third-order valence-electron chi connectivity index (χ3n) is 2.64. The molecule has 0 aliphatic rings. The molecule has 1 aromatic carbocycles. The summed E-state index contributed by atoms with van der Waals surface area (Å²) in [4.78, 5) is 4.29. The van der Waals surface area contributed by atoms with Crippen molar-refractivity contribution >= 4 is 0 Å². The van der Waals surface area contributed by atoms with Crippen molar-refractivity contribution in [1.82, 2.24) is 10.1 Å². The highest BCUT2D eigenvalue weighted by Crippen LogP contribution is 2.32. The highest BCUT2D eigenvalue weighted by atomic mass is 16.5. The number of hydrogen-bond donors (Lipinski definition) is 1. The summed E-state index contributed by atoms with van der Waals surface area (Å²) in [5, 5.41) is 3.88. The largest absolute Gasteiger partial charge is 0.497 e. The second kappa shape index (κ2) is 4.89. The normalized spacial score (nSPS) is 11.4. The molecule has 0 bridgehead atoms. The van der Waals surface area contributed by atoms with Crippen molar-refractivity contribution in [3.63, 3.8) is 0 Å². The van der Waals surface area contributed by atoms with Crippen LogP contribution in [-0.4, -0.2) is 24.4 Å². The third kappa shape index (κ3) is 2.68. The zero-order valence-electron chi connectivity index (χ0n) is 11.4. The molecule has 0 aliphatic heterocycles. The van der Waals surface area contributed by atoms with Crippen molar-refractivity contribution in [2.45, 2.75) is 19.4 Å². The maximum Gasteiger partial charge on any atom is 0.261 e. The molecule has 0 saturated carbocycles. The summed E-state index contributed by atoms with van der Waals surface area (Å²) in [5.41, 5.74) is 5.98. The molecule has 102 valence electrons. The summed E-state index contributed by atoms with van der Waals surface area (Å²) >= 11 is 0. The van der Waals surface area contributed by atoms with Gasteiger partial charge in [0.05, 0.1) is 25.3 Å². The number of nitrogens with two attached hydrogens (primary N) is 1. The summed E-state index contributed by atoms with van der Waals surface area (Å²) in [7, 11) is 3.17. The number of methoxy groups -OCH3 is 2. The van der Waals surface area contributed by atoms with Crippen molar-refractivity contribution in [2.75, 3.05) is 14.2 Å². The summed E-state index contributed by atoms with van der Waals surface area (Å²) in [5.74, 6) is 2.11. The van der Waals surface area contributed by atoms with Crippen molar-refractivity contribution in [3.8, 4) is 23.0 Å². The molecule has 0 spiro atoms. The van der Waals surface area contributed by atoms with Crippen LogP contribution in [0.15, 0.2) is 22.7 Å². The van der Waals surface area contributed by atoms with Gasteiger partial charge in [0.1, 0.15) is 11.5 Å². The molecule has 2 N–H and O–H groups in total. The van der Waals surface area contributed by atoms with Gasteiger partial charge in [0, 0.05) is 6.07 Å². The summed E-state index contributed by atoms with van der Waals surface area (Å²) < 4.78 is 15.7.